The van der Waals surface area contributed by atoms with Crippen LogP contribution in [0.2, 0.25) is 0 Å². The number of ether oxygens (including phenoxy) is 3. The Morgan fingerprint density at radius 2 is 1.90 bits per heavy atom. The topological polar surface area (TPSA) is 53.7 Å². The van der Waals surface area contributed by atoms with Crippen LogP contribution in [0.5, 0.6) is 11.5 Å². The second-order valence-corrected chi connectivity index (χ2v) is 5.16. The molecule has 3 atom stereocenters. The van der Waals surface area contributed by atoms with E-state index in [4.69, 9.17) is 19.9 Å². The summed E-state index contributed by atoms with van der Waals surface area (Å²) >= 11 is 0. The zero-order valence-electron chi connectivity index (χ0n) is 12.6. The summed E-state index contributed by atoms with van der Waals surface area (Å²) in [6.45, 7) is 7.24. The number of hydrogen-bond acceptors (Lipinski definition) is 4. The van der Waals surface area contributed by atoms with Crippen LogP contribution in [-0.2, 0) is 4.74 Å². The molecule has 4 nitrogen and oxygen atoms in total. The summed E-state index contributed by atoms with van der Waals surface area (Å²) in [5.74, 6) is 1.53. The maximum absolute atomic E-state index is 6.33. The molecule has 1 aromatic carbocycles. The van der Waals surface area contributed by atoms with Gasteiger partial charge < -0.3 is 19.9 Å². The maximum Gasteiger partial charge on any atom is 0.161 e. The Labute approximate surface area is 121 Å². The van der Waals surface area contributed by atoms with Crippen molar-refractivity contribution in [3.8, 4) is 11.5 Å². The highest BCUT2D eigenvalue weighted by Gasteiger charge is 2.28. The molecular formula is C16H25NO3. The van der Waals surface area contributed by atoms with Crippen LogP contribution >= 0.6 is 0 Å². The van der Waals surface area contributed by atoms with E-state index >= 15 is 0 Å². The predicted octanol–water partition coefficient (Wildman–Crippen LogP) is 3.05. The van der Waals surface area contributed by atoms with Gasteiger partial charge in [-0.05, 0) is 51.3 Å². The summed E-state index contributed by atoms with van der Waals surface area (Å²) in [6, 6.07) is 5.80. The van der Waals surface area contributed by atoms with Crippen molar-refractivity contribution < 1.29 is 14.2 Å². The molecular weight excluding hydrogens is 254 g/mol. The minimum Gasteiger partial charge on any atom is -0.490 e. The Hall–Kier alpha value is -1.26. The molecule has 112 valence electrons. The lowest BCUT2D eigenvalue weighted by Gasteiger charge is -2.21. The van der Waals surface area contributed by atoms with E-state index in [-0.39, 0.29) is 12.1 Å². The first-order valence-electron chi connectivity index (χ1n) is 7.46. The Balaban J connectivity index is 2.16. The average Bonchev–Trinajstić information content (AvgIpc) is 2.87. The molecule has 4 heteroatoms. The van der Waals surface area contributed by atoms with Gasteiger partial charge in [0.15, 0.2) is 11.5 Å². The average molecular weight is 279 g/mol. The van der Waals surface area contributed by atoms with Gasteiger partial charge in [0.05, 0.1) is 31.5 Å². The summed E-state index contributed by atoms with van der Waals surface area (Å²) in [7, 11) is 0. The van der Waals surface area contributed by atoms with Crippen molar-refractivity contribution in [3.63, 3.8) is 0 Å². The van der Waals surface area contributed by atoms with Crippen LogP contribution in [0.15, 0.2) is 18.2 Å². The highest BCUT2D eigenvalue weighted by atomic mass is 16.5. The van der Waals surface area contributed by atoms with E-state index in [2.05, 4.69) is 6.92 Å². The van der Waals surface area contributed by atoms with Crippen molar-refractivity contribution in [2.75, 3.05) is 13.2 Å². The maximum atomic E-state index is 6.33. The third kappa shape index (κ3) is 3.44. The minimum absolute atomic E-state index is 0.0948. The van der Waals surface area contributed by atoms with Gasteiger partial charge in [-0.15, -0.1) is 0 Å². The number of benzene rings is 1. The van der Waals surface area contributed by atoms with Crippen LogP contribution in [-0.4, -0.2) is 25.4 Å². The fourth-order valence-corrected chi connectivity index (χ4v) is 2.59. The first-order valence-corrected chi connectivity index (χ1v) is 7.46. The largest absolute Gasteiger partial charge is 0.490 e. The second kappa shape index (κ2) is 6.95. The normalized spacial score (nSPS) is 23.6. The molecule has 0 aliphatic carbocycles. The monoisotopic (exact) mass is 279 g/mol. The molecule has 1 aliphatic heterocycles. The standard InChI is InChI=1S/C16H25NO3/c1-4-18-13-9-7-12(10-15(13)19-5-2)16(17)14-8-6-11(3)20-14/h7,9-11,14,16H,4-6,8,17H2,1-3H3. The van der Waals surface area contributed by atoms with Crippen LogP contribution in [0, 0.1) is 0 Å². The molecule has 3 unspecified atom stereocenters. The van der Waals surface area contributed by atoms with E-state index < -0.39 is 0 Å². The molecule has 1 fully saturated rings. The molecule has 0 spiro atoms. The lowest BCUT2D eigenvalue weighted by molar-refractivity contribution is 0.0401. The van der Waals surface area contributed by atoms with Gasteiger partial charge in [-0.2, -0.15) is 0 Å². The lowest BCUT2D eigenvalue weighted by atomic mass is 9.99. The SMILES string of the molecule is CCOc1ccc(C(N)C2CCC(C)O2)cc1OCC. The molecule has 0 aromatic heterocycles. The summed E-state index contributed by atoms with van der Waals surface area (Å²) in [4.78, 5) is 0. The Morgan fingerprint density at radius 3 is 2.50 bits per heavy atom. The van der Waals surface area contributed by atoms with Gasteiger partial charge in [-0.25, -0.2) is 0 Å². The Kier molecular flexibility index (Phi) is 5.26. The zero-order chi connectivity index (χ0) is 14.5. The van der Waals surface area contributed by atoms with E-state index in [1.165, 1.54) is 0 Å². The molecule has 1 aromatic rings. The summed E-state index contributed by atoms with van der Waals surface area (Å²) < 4.78 is 17.1. The quantitative estimate of drug-likeness (QED) is 0.869. The van der Waals surface area contributed by atoms with Crippen molar-refractivity contribution in [1.29, 1.82) is 0 Å². The lowest BCUT2D eigenvalue weighted by Crippen LogP contribution is -2.26. The highest BCUT2D eigenvalue weighted by molar-refractivity contribution is 5.44. The smallest absolute Gasteiger partial charge is 0.161 e. The first kappa shape index (κ1) is 15.1. The van der Waals surface area contributed by atoms with Crippen molar-refractivity contribution in [1.82, 2.24) is 0 Å². The Morgan fingerprint density at radius 1 is 1.20 bits per heavy atom. The van der Waals surface area contributed by atoms with Crippen molar-refractivity contribution in [2.24, 2.45) is 5.73 Å². The van der Waals surface area contributed by atoms with Gasteiger partial charge in [0.25, 0.3) is 0 Å². The fourth-order valence-electron chi connectivity index (χ4n) is 2.59. The van der Waals surface area contributed by atoms with Crippen molar-refractivity contribution in [2.45, 2.75) is 51.9 Å². The molecule has 0 radical (unpaired) electrons. The molecule has 0 amide bonds. The molecule has 2 rings (SSSR count). The molecule has 20 heavy (non-hydrogen) atoms. The fraction of sp³-hybridized carbons (Fsp3) is 0.625. The minimum atomic E-state index is -0.116. The van der Waals surface area contributed by atoms with Gasteiger partial charge in [0, 0.05) is 0 Å². The van der Waals surface area contributed by atoms with Gasteiger partial charge in [-0.3, -0.25) is 0 Å². The molecule has 0 bridgehead atoms. The molecule has 0 saturated carbocycles. The first-order chi connectivity index (χ1) is 9.65. The number of rotatable bonds is 6. The van der Waals surface area contributed by atoms with Crippen LogP contribution in [0.3, 0.4) is 0 Å². The van der Waals surface area contributed by atoms with Gasteiger partial charge in [-0.1, -0.05) is 6.07 Å². The van der Waals surface area contributed by atoms with Crippen LogP contribution in [0.1, 0.15) is 45.2 Å². The van der Waals surface area contributed by atoms with Gasteiger partial charge >= 0.3 is 0 Å². The van der Waals surface area contributed by atoms with Crippen LogP contribution < -0.4 is 15.2 Å². The third-order valence-electron chi connectivity index (χ3n) is 3.62. The van der Waals surface area contributed by atoms with Crippen molar-refractivity contribution in [3.05, 3.63) is 23.8 Å². The molecule has 1 heterocycles. The van der Waals surface area contributed by atoms with Crippen LogP contribution in [0.25, 0.3) is 0 Å². The van der Waals surface area contributed by atoms with E-state index in [9.17, 15) is 0 Å². The van der Waals surface area contributed by atoms with E-state index in [1.54, 1.807) is 0 Å². The third-order valence-corrected chi connectivity index (χ3v) is 3.62. The Bertz CT molecular complexity index is 436. The molecule has 1 saturated heterocycles. The van der Waals surface area contributed by atoms with E-state index in [0.717, 1.165) is 29.9 Å². The molecule has 2 N–H and O–H groups in total. The highest BCUT2D eigenvalue weighted by Crippen LogP contribution is 2.34. The van der Waals surface area contributed by atoms with Gasteiger partial charge in [0.2, 0.25) is 0 Å². The van der Waals surface area contributed by atoms with Crippen molar-refractivity contribution >= 4 is 0 Å². The number of hydrogen-bond donors (Lipinski definition) is 1. The van der Waals surface area contributed by atoms with Gasteiger partial charge in [0.1, 0.15) is 0 Å². The summed E-state index contributed by atoms with van der Waals surface area (Å²) in [5, 5.41) is 0. The molecule has 1 aliphatic rings. The zero-order valence-corrected chi connectivity index (χ0v) is 12.6. The van der Waals surface area contributed by atoms with Crippen LogP contribution in [0.4, 0.5) is 0 Å². The van der Waals surface area contributed by atoms with E-state index in [0.29, 0.717) is 19.3 Å². The summed E-state index contributed by atoms with van der Waals surface area (Å²) in [6.07, 6.45) is 2.49. The predicted molar refractivity (Wildman–Crippen MR) is 79.3 cm³/mol. The summed E-state index contributed by atoms with van der Waals surface area (Å²) in [5.41, 5.74) is 7.37. The van der Waals surface area contributed by atoms with E-state index in [1.807, 2.05) is 32.0 Å². The number of nitrogens with two attached hydrogens (primary N) is 1. The second-order valence-electron chi connectivity index (χ2n) is 5.16.